The third-order valence-corrected chi connectivity index (χ3v) is 4.81. The Morgan fingerprint density at radius 3 is 2.57 bits per heavy atom. The monoisotopic (exact) mass is 297 g/mol. The quantitative estimate of drug-likeness (QED) is 0.824. The molecular formula is C19H20ClN. The van der Waals surface area contributed by atoms with Gasteiger partial charge in [-0.1, -0.05) is 60.7 Å². The Balaban J connectivity index is 2.04. The van der Waals surface area contributed by atoms with Crippen molar-refractivity contribution in [3.63, 3.8) is 0 Å². The van der Waals surface area contributed by atoms with Crippen LogP contribution >= 0.6 is 11.6 Å². The summed E-state index contributed by atoms with van der Waals surface area (Å²) in [6, 6.07) is 15.5. The molecule has 1 N–H and O–H groups in total. The fourth-order valence-corrected chi connectivity index (χ4v) is 3.63. The van der Waals surface area contributed by atoms with E-state index in [0.717, 1.165) is 23.4 Å². The summed E-state index contributed by atoms with van der Waals surface area (Å²) in [5.74, 6) is 0.433. The van der Waals surface area contributed by atoms with Crippen LogP contribution in [0.25, 0.3) is 6.08 Å². The number of hydrogen-bond donors (Lipinski definition) is 1. The predicted molar refractivity (Wildman–Crippen MR) is 90.9 cm³/mol. The van der Waals surface area contributed by atoms with E-state index in [2.05, 4.69) is 54.4 Å². The van der Waals surface area contributed by atoms with Gasteiger partial charge in [0.1, 0.15) is 0 Å². The summed E-state index contributed by atoms with van der Waals surface area (Å²) in [4.78, 5) is 0. The highest BCUT2D eigenvalue weighted by atomic mass is 35.5. The van der Waals surface area contributed by atoms with Crippen LogP contribution in [0, 0.1) is 0 Å². The predicted octanol–water partition coefficient (Wildman–Crippen LogP) is 5.17. The zero-order chi connectivity index (χ0) is 14.8. The molecule has 21 heavy (non-hydrogen) atoms. The molecule has 3 rings (SSSR count). The van der Waals surface area contributed by atoms with Crippen LogP contribution in [0.2, 0.25) is 5.02 Å². The molecule has 0 saturated heterocycles. The highest BCUT2D eigenvalue weighted by Gasteiger charge is 2.27. The first-order valence-corrected chi connectivity index (χ1v) is 7.80. The number of halogens is 1. The van der Waals surface area contributed by atoms with E-state index in [4.69, 9.17) is 11.6 Å². The second kappa shape index (κ2) is 6.05. The molecule has 0 spiro atoms. The first kappa shape index (κ1) is 14.4. The molecule has 1 nitrogen and oxygen atoms in total. The molecule has 1 aliphatic rings. The summed E-state index contributed by atoms with van der Waals surface area (Å²) in [7, 11) is 2.04. The Morgan fingerprint density at radius 1 is 1.14 bits per heavy atom. The Bertz CT molecular complexity index is 662. The van der Waals surface area contributed by atoms with Crippen LogP contribution in [0.5, 0.6) is 0 Å². The maximum Gasteiger partial charge on any atom is 0.0481 e. The molecule has 0 aromatic heterocycles. The van der Waals surface area contributed by atoms with Gasteiger partial charge < -0.3 is 5.32 Å². The van der Waals surface area contributed by atoms with Gasteiger partial charge in [0.25, 0.3) is 0 Å². The molecule has 1 aliphatic carbocycles. The minimum Gasteiger partial charge on any atom is -0.313 e. The Hall–Kier alpha value is -1.57. The number of hydrogen-bond acceptors (Lipinski definition) is 1. The standard InChI is InChI=1S/C19H20ClN/c1-3-13-8-9-14(12-18(13)20)15-10-11-19(21-2)17-7-5-4-6-16(15)17/h3-9,12,15,19,21H,1,10-11H2,2H3/t15-,19-/m0/s1. The van der Waals surface area contributed by atoms with Crippen LogP contribution in [-0.2, 0) is 0 Å². The Labute approximate surface area is 131 Å². The summed E-state index contributed by atoms with van der Waals surface area (Å²) in [5, 5.41) is 4.21. The highest BCUT2D eigenvalue weighted by molar-refractivity contribution is 6.32. The Kier molecular flexibility index (Phi) is 4.14. The van der Waals surface area contributed by atoms with E-state index < -0.39 is 0 Å². The van der Waals surface area contributed by atoms with Crippen LogP contribution in [0.4, 0.5) is 0 Å². The van der Waals surface area contributed by atoms with Gasteiger partial charge in [0.15, 0.2) is 0 Å². The molecule has 0 heterocycles. The molecule has 108 valence electrons. The molecule has 2 atom stereocenters. The normalized spacial score (nSPS) is 20.9. The van der Waals surface area contributed by atoms with Crippen molar-refractivity contribution in [3.05, 3.63) is 76.3 Å². The van der Waals surface area contributed by atoms with E-state index in [0.29, 0.717) is 12.0 Å². The molecule has 0 fully saturated rings. The average molecular weight is 298 g/mol. The van der Waals surface area contributed by atoms with Crippen molar-refractivity contribution >= 4 is 17.7 Å². The molecular weight excluding hydrogens is 278 g/mol. The van der Waals surface area contributed by atoms with Crippen molar-refractivity contribution in [1.29, 1.82) is 0 Å². The van der Waals surface area contributed by atoms with Gasteiger partial charge in [-0.2, -0.15) is 0 Å². The minimum atomic E-state index is 0.433. The van der Waals surface area contributed by atoms with Gasteiger partial charge in [0.05, 0.1) is 0 Å². The maximum atomic E-state index is 6.35. The number of benzene rings is 2. The molecule has 2 aromatic rings. The molecule has 2 aromatic carbocycles. The molecule has 0 bridgehead atoms. The maximum absolute atomic E-state index is 6.35. The van der Waals surface area contributed by atoms with Crippen molar-refractivity contribution in [2.24, 2.45) is 0 Å². The fraction of sp³-hybridized carbons (Fsp3) is 0.263. The van der Waals surface area contributed by atoms with Gasteiger partial charge in [-0.15, -0.1) is 0 Å². The highest BCUT2D eigenvalue weighted by Crippen LogP contribution is 2.41. The van der Waals surface area contributed by atoms with Gasteiger partial charge in [-0.25, -0.2) is 0 Å². The van der Waals surface area contributed by atoms with Crippen LogP contribution in [-0.4, -0.2) is 7.05 Å². The zero-order valence-corrected chi connectivity index (χ0v) is 13.0. The lowest BCUT2D eigenvalue weighted by molar-refractivity contribution is 0.471. The first-order chi connectivity index (χ1) is 10.2. The zero-order valence-electron chi connectivity index (χ0n) is 12.3. The van der Waals surface area contributed by atoms with Crippen molar-refractivity contribution in [1.82, 2.24) is 5.32 Å². The molecule has 0 amide bonds. The third kappa shape index (κ3) is 2.64. The molecule has 2 heteroatoms. The van der Waals surface area contributed by atoms with Crippen molar-refractivity contribution in [2.45, 2.75) is 24.8 Å². The summed E-state index contributed by atoms with van der Waals surface area (Å²) >= 11 is 6.35. The lowest BCUT2D eigenvalue weighted by Gasteiger charge is -2.32. The molecule has 0 radical (unpaired) electrons. The average Bonchev–Trinajstić information content (AvgIpc) is 2.53. The third-order valence-electron chi connectivity index (χ3n) is 4.49. The summed E-state index contributed by atoms with van der Waals surface area (Å²) in [5.41, 5.74) is 5.14. The second-order valence-corrected chi connectivity index (χ2v) is 5.99. The second-order valence-electron chi connectivity index (χ2n) is 5.59. The van der Waals surface area contributed by atoms with E-state index in [1.54, 1.807) is 6.08 Å². The van der Waals surface area contributed by atoms with E-state index in [1.165, 1.54) is 16.7 Å². The van der Waals surface area contributed by atoms with E-state index >= 15 is 0 Å². The van der Waals surface area contributed by atoms with Crippen LogP contribution in [0.15, 0.2) is 49.0 Å². The van der Waals surface area contributed by atoms with Crippen molar-refractivity contribution in [3.8, 4) is 0 Å². The summed E-state index contributed by atoms with van der Waals surface area (Å²) in [6.07, 6.45) is 4.10. The lowest BCUT2D eigenvalue weighted by atomic mass is 9.76. The van der Waals surface area contributed by atoms with Gasteiger partial charge >= 0.3 is 0 Å². The fourth-order valence-electron chi connectivity index (χ4n) is 3.36. The smallest absolute Gasteiger partial charge is 0.0481 e. The van der Waals surface area contributed by atoms with E-state index in [9.17, 15) is 0 Å². The Morgan fingerprint density at radius 2 is 1.90 bits per heavy atom. The van der Waals surface area contributed by atoms with Gasteiger partial charge in [-0.3, -0.25) is 0 Å². The first-order valence-electron chi connectivity index (χ1n) is 7.42. The largest absolute Gasteiger partial charge is 0.313 e. The number of nitrogens with one attached hydrogen (secondary N) is 1. The lowest BCUT2D eigenvalue weighted by Crippen LogP contribution is -2.24. The van der Waals surface area contributed by atoms with Gasteiger partial charge in [-0.05, 0) is 48.2 Å². The van der Waals surface area contributed by atoms with Crippen LogP contribution in [0.3, 0.4) is 0 Å². The summed E-state index contributed by atoms with van der Waals surface area (Å²) < 4.78 is 0. The summed E-state index contributed by atoms with van der Waals surface area (Å²) in [6.45, 7) is 3.80. The van der Waals surface area contributed by atoms with Gasteiger partial charge in [0.2, 0.25) is 0 Å². The molecule has 0 saturated carbocycles. The number of rotatable bonds is 3. The van der Waals surface area contributed by atoms with Crippen LogP contribution < -0.4 is 5.32 Å². The molecule has 0 unspecified atom stereocenters. The van der Waals surface area contributed by atoms with Crippen molar-refractivity contribution < 1.29 is 0 Å². The van der Waals surface area contributed by atoms with Crippen LogP contribution in [0.1, 0.15) is 47.1 Å². The molecule has 0 aliphatic heterocycles. The minimum absolute atomic E-state index is 0.433. The van der Waals surface area contributed by atoms with E-state index in [-0.39, 0.29) is 0 Å². The van der Waals surface area contributed by atoms with Crippen molar-refractivity contribution in [2.75, 3.05) is 7.05 Å². The topological polar surface area (TPSA) is 12.0 Å². The number of fused-ring (bicyclic) bond motifs is 1. The van der Waals surface area contributed by atoms with E-state index in [1.807, 2.05) is 7.05 Å². The van der Waals surface area contributed by atoms with Gasteiger partial charge in [0, 0.05) is 17.0 Å². The SMILES string of the molecule is C=Cc1ccc([C@@H]2CC[C@H](NC)c3ccccc32)cc1Cl.